The Bertz CT molecular complexity index is 389. The Morgan fingerprint density at radius 2 is 2.22 bits per heavy atom. The molecule has 0 atom stereocenters. The third-order valence-electron chi connectivity index (χ3n) is 2.30. The lowest BCUT2D eigenvalue weighted by atomic mass is 10.2. The van der Waals surface area contributed by atoms with Crippen LogP contribution < -0.4 is 0 Å². The summed E-state index contributed by atoms with van der Waals surface area (Å²) in [5.41, 5.74) is 0. The van der Waals surface area contributed by atoms with Crippen LogP contribution in [-0.2, 0) is 9.53 Å². The predicted octanol–water partition coefficient (Wildman–Crippen LogP) is 0.466. The largest absolute Gasteiger partial charge is 0.469 e. The van der Waals surface area contributed by atoms with Gasteiger partial charge >= 0.3 is 5.97 Å². The van der Waals surface area contributed by atoms with Crippen LogP contribution in [0, 0.1) is 5.92 Å². The third-order valence-corrected chi connectivity index (χ3v) is 2.30. The van der Waals surface area contributed by atoms with Crippen LogP contribution in [0.25, 0.3) is 0 Å². The predicted molar refractivity (Wildman–Crippen MR) is 63.8 cm³/mol. The minimum atomic E-state index is -0.339. The number of aromatic amines is 1. The molecule has 7 nitrogen and oxygen atoms in total. The molecule has 0 aliphatic heterocycles. The van der Waals surface area contributed by atoms with E-state index in [2.05, 4.69) is 19.9 Å². The molecule has 1 heterocycles. The molecular weight excluding hydrogens is 236 g/mol. The number of carbonyl (C=O) groups excluding carboxylic acids is 2. The smallest absolute Gasteiger partial charge is 0.307 e. The minimum Gasteiger partial charge on any atom is -0.469 e. The quantitative estimate of drug-likeness (QED) is 0.745. The summed E-state index contributed by atoms with van der Waals surface area (Å²) in [7, 11) is 1.33. The number of H-pyrrole nitrogens is 1. The number of amides is 1. The number of nitrogens with zero attached hydrogens (tertiary/aromatic N) is 3. The van der Waals surface area contributed by atoms with Crippen molar-refractivity contribution in [3.8, 4) is 0 Å². The Morgan fingerprint density at radius 3 is 2.72 bits per heavy atom. The molecule has 0 bridgehead atoms. The van der Waals surface area contributed by atoms with Crippen LogP contribution in [0.15, 0.2) is 6.33 Å². The Labute approximate surface area is 106 Å². The van der Waals surface area contributed by atoms with Gasteiger partial charge in [-0.1, -0.05) is 13.8 Å². The first-order chi connectivity index (χ1) is 8.54. The molecular formula is C11H18N4O3. The van der Waals surface area contributed by atoms with E-state index in [9.17, 15) is 9.59 Å². The highest BCUT2D eigenvalue weighted by Gasteiger charge is 2.20. The summed E-state index contributed by atoms with van der Waals surface area (Å²) in [4.78, 5) is 28.6. The molecule has 1 N–H and O–H groups in total. The van der Waals surface area contributed by atoms with Crippen molar-refractivity contribution in [2.45, 2.75) is 20.3 Å². The third kappa shape index (κ3) is 4.15. The van der Waals surface area contributed by atoms with Crippen molar-refractivity contribution in [1.82, 2.24) is 20.1 Å². The second-order valence-corrected chi connectivity index (χ2v) is 4.31. The van der Waals surface area contributed by atoms with E-state index in [1.54, 1.807) is 4.90 Å². The number of methoxy groups -OCH3 is 1. The molecule has 1 aromatic rings. The van der Waals surface area contributed by atoms with Gasteiger partial charge in [0.1, 0.15) is 6.33 Å². The van der Waals surface area contributed by atoms with Crippen molar-refractivity contribution in [1.29, 1.82) is 0 Å². The van der Waals surface area contributed by atoms with Crippen molar-refractivity contribution >= 4 is 11.9 Å². The van der Waals surface area contributed by atoms with Gasteiger partial charge in [0.25, 0.3) is 5.91 Å². The Morgan fingerprint density at radius 1 is 1.50 bits per heavy atom. The van der Waals surface area contributed by atoms with Crippen LogP contribution in [0.4, 0.5) is 0 Å². The summed E-state index contributed by atoms with van der Waals surface area (Å²) in [5, 5.41) is 6.16. The lowest BCUT2D eigenvalue weighted by molar-refractivity contribution is -0.140. The van der Waals surface area contributed by atoms with Crippen molar-refractivity contribution < 1.29 is 14.3 Å². The molecule has 18 heavy (non-hydrogen) atoms. The first kappa shape index (κ1) is 14.1. The number of ether oxygens (including phenoxy) is 1. The van der Waals surface area contributed by atoms with Crippen LogP contribution in [0.3, 0.4) is 0 Å². The van der Waals surface area contributed by atoms with Crippen molar-refractivity contribution in [3.63, 3.8) is 0 Å². The topological polar surface area (TPSA) is 88.2 Å². The summed E-state index contributed by atoms with van der Waals surface area (Å²) >= 11 is 0. The molecule has 0 fully saturated rings. The molecule has 0 unspecified atom stereocenters. The second kappa shape index (κ2) is 6.73. The summed E-state index contributed by atoms with van der Waals surface area (Å²) in [6.07, 6.45) is 1.45. The van der Waals surface area contributed by atoms with Crippen molar-refractivity contribution in [2.75, 3.05) is 20.2 Å². The monoisotopic (exact) mass is 254 g/mol. The molecule has 0 aliphatic rings. The van der Waals surface area contributed by atoms with Gasteiger partial charge in [0.05, 0.1) is 13.5 Å². The van der Waals surface area contributed by atoms with Gasteiger partial charge < -0.3 is 9.64 Å². The van der Waals surface area contributed by atoms with E-state index in [1.165, 1.54) is 13.4 Å². The molecule has 7 heteroatoms. The van der Waals surface area contributed by atoms with Gasteiger partial charge in [-0.2, -0.15) is 5.10 Å². The maximum absolute atomic E-state index is 12.1. The molecule has 0 radical (unpaired) electrons. The van der Waals surface area contributed by atoms with E-state index in [4.69, 9.17) is 0 Å². The molecule has 1 amide bonds. The van der Waals surface area contributed by atoms with Crippen LogP contribution in [0.2, 0.25) is 0 Å². The first-order valence-electron chi connectivity index (χ1n) is 5.76. The van der Waals surface area contributed by atoms with Gasteiger partial charge in [-0.25, -0.2) is 4.98 Å². The maximum Gasteiger partial charge on any atom is 0.307 e. The van der Waals surface area contributed by atoms with E-state index >= 15 is 0 Å². The summed E-state index contributed by atoms with van der Waals surface area (Å²) in [6.45, 7) is 4.86. The zero-order valence-corrected chi connectivity index (χ0v) is 10.8. The maximum atomic E-state index is 12.1. The standard InChI is InChI=1S/C11H18N4O3/c1-8(2)6-15(5-4-9(16)18-3)11(17)10-12-7-13-14-10/h7-8H,4-6H2,1-3H3,(H,12,13,14). The van der Waals surface area contributed by atoms with Gasteiger partial charge in [0.15, 0.2) is 0 Å². The van der Waals surface area contributed by atoms with Gasteiger partial charge in [-0.15, -0.1) is 0 Å². The Balaban J connectivity index is 2.65. The minimum absolute atomic E-state index is 0.170. The van der Waals surface area contributed by atoms with E-state index in [0.717, 1.165) is 0 Å². The second-order valence-electron chi connectivity index (χ2n) is 4.31. The lowest BCUT2D eigenvalue weighted by Crippen LogP contribution is -2.36. The van der Waals surface area contributed by atoms with Crippen molar-refractivity contribution in [3.05, 3.63) is 12.2 Å². The van der Waals surface area contributed by atoms with Gasteiger partial charge in [-0.3, -0.25) is 14.7 Å². The van der Waals surface area contributed by atoms with Gasteiger partial charge in [-0.05, 0) is 5.92 Å². The van der Waals surface area contributed by atoms with Crippen LogP contribution in [0.1, 0.15) is 30.9 Å². The number of hydrogen-bond acceptors (Lipinski definition) is 5. The highest BCUT2D eigenvalue weighted by Crippen LogP contribution is 2.05. The van der Waals surface area contributed by atoms with E-state index < -0.39 is 0 Å². The average molecular weight is 254 g/mol. The van der Waals surface area contributed by atoms with E-state index in [1.807, 2.05) is 13.8 Å². The van der Waals surface area contributed by atoms with Gasteiger partial charge in [0, 0.05) is 13.1 Å². The molecule has 0 aromatic carbocycles. The molecule has 1 rings (SSSR count). The zero-order chi connectivity index (χ0) is 13.5. The summed E-state index contributed by atoms with van der Waals surface area (Å²) in [5.74, 6) is -0.116. The number of carbonyl (C=O) groups is 2. The molecule has 0 saturated carbocycles. The molecule has 0 saturated heterocycles. The SMILES string of the molecule is COC(=O)CCN(CC(C)C)C(=O)c1ncn[nH]1. The number of nitrogens with one attached hydrogen (secondary N) is 1. The highest BCUT2D eigenvalue weighted by atomic mass is 16.5. The van der Waals surface area contributed by atoms with Crippen LogP contribution >= 0.6 is 0 Å². The van der Waals surface area contributed by atoms with Crippen LogP contribution in [-0.4, -0.2) is 52.2 Å². The van der Waals surface area contributed by atoms with E-state index in [0.29, 0.717) is 19.0 Å². The average Bonchev–Trinajstić information content (AvgIpc) is 2.86. The molecule has 100 valence electrons. The number of hydrogen-bond donors (Lipinski definition) is 1. The molecule has 0 aliphatic carbocycles. The summed E-state index contributed by atoms with van der Waals surface area (Å²) < 4.78 is 4.56. The Kier molecular flexibility index (Phi) is 5.29. The summed E-state index contributed by atoms with van der Waals surface area (Å²) in [6, 6.07) is 0. The normalized spacial score (nSPS) is 10.4. The zero-order valence-electron chi connectivity index (χ0n) is 10.8. The highest BCUT2D eigenvalue weighted by molar-refractivity contribution is 5.90. The fraction of sp³-hybridized carbons (Fsp3) is 0.636. The Hall–Kier alpha value is -1.92. The van der Waals surface area contributed by atoms with E-state index in [-0.39, 0.29) is 24.1 Å². The number of rotatable bonds is 6. The van der Waals surface area contributed by atoms with Gasteiger partial charge in [0.2, 0.25) is 5.82 Å². The van der Waals surface area contributed by atoms with Crippen molar-refractivity contribution in [2.24, 2.45) is 5.92 Å². The first-order valence-corrected chi connectivity index (χ1v) is 5.76. The molecule has 0 spiro atoms. The molecule has 1 aromatic heterocycles. The number of aromatic nitrogens is 3. The fourth-order valence-electron chi connectivity index (χ4n) is 1.50. The lowest BCUT2D eigenvalue weighted by Gasteiger charge is -2.22. The number of esters is 1. The fourth-order valence-corrected chi connectivity index (χ4v) is 1.50. The van der Waals surface area contributed by atoms with Crippen LogP contribution in [0.5, 0.6) is 0 Å².